The van der Waals surface area contributed by atoms with Gasteiger partial charge in [-0.25, -0.2) is 4.39 Å². The van der Waals surface area contributed by atoms with Crippen molar-refractivity contribution in [3.8, 4) is 11.1 Å². The summed E-state index contributed by atoms with van der Waals surface area (Å²) in [6.45, 7) is 1.08. The number of alkyl halides is 3. The monoisotopic (exact) mass is 441 g/mol. The lowest BCUT2D eigenvalue weighted by atomic mass is 9.99. The maximum atomic E-state index is 13.3. The summed E-state index contributed by atoms with van der Waals surface area (Å²) < 4.78 is 13.3. The first kappa shape index (κ1) is 21.9. The molecule has 9 heteroatoms. The minimum Gasteiger partial charge on any atom is -0.390 e. The molecule has 3 N–H and O–H groups in total. The highest BCUT2D eigenvalue weighted by Crippen LogP contribution is 2.24. The number of aromatic nitrogens is 1. The SMILES string of the molecule is O=C(N[C@H](CF)[C@H](O)c1ccc(-c2ccc(CN3CC(O)C3)nc2)cc1)C(Cl)Cl. The Bertz CT molecular complexity index is 815. The molecule has 0 bridgehead atoms. The first-order valence-electron chi connectivity index (χ1n) is 9.15. The number of carbonyl (C=O) groups excluding carboxylic acids is 1. The van der Waals surface area contributed by atoms with Gasteiger partial charge in [-0.2, -0.15) is 0 Å². The van der Waals surface area contributed by atoms with E-state index in [0.717, 1.165) is 16.8 Å². The topological polar surface area (TPSA) is 85.7 Å². The first-order valence-corrected chi connectivity index (χ1v) is 10.0. The Balaban J connectivity index is 1.63. The fourth-order valence-corrected chi connectivity index (χ4v) is 3.27. The maximum Gasteiger partial charge on any atom is 0.253 e. The number of aliphatic hydroxyl groups excluding tert-OH is 2. The Kier molecular flexibility index (Phi) is 7.43. The minimum atomic E-state index is -1.33. The van der Waals surface area contributed by atoms with Crippen molar-refractivity contribution < 1.29 is 19.4 Å². The molecule has 1 amide bonds. The average molecular weight is 442 g/mol. The fourth-order valence-electron chi connectivity index (χ4n) is 3.14. The molecule has 1 saturated heterocycles. The number of hydrogen-bond acceptors (Lipinski definition) is 5. The lowest BCUT2D eigenvalue weighted by Crippen LogP contribution is -2.49. The van der Waals surface area contributed by atoms with Gasteiger partial charge in [0.05, 0.1) is 17.8 Å². The quantitative estimate of drug-likeness (QED) is 0.546. The van der Waals surface area contributed by atoms with Crippen LogP contribution in [0.3, 0.4) is 0 Å². The van der Waals surface area contributed by atoms with E-state index in [-0.39, 0.29) is 6.10 Å². The molecule has 1 aliphatic rings. The molecule has 0 aliphatic carbocycles. The molecule has 6 nitrogen and oxygen atoms in total. The van der Waals surface area contributed by atoms with Gasteiger partial charge in [0.25, 0.3) is 5.91 Å². The van der Waals surface area contributed by atoms with Crippen molar-refractivity contribution in [2.24, 2.45) is 0 Å². The van der Waals surface area contributed by atoms with Crippen LogP contribution >= 0.6 is 23.2 Å². The molecule has 2 atom stereocenters. The Morgan fingerprint density at radius 2 is 1.86 bits per heavy atom. The van der Waals surface area contributed by atoms with Crippen molar-refractivity contribution in [2.75, 3.05) is 19.8 Å². The molecule has 0 saturated carbocycles. The first-order chi connectivity index (χ1) is 13.9. The summed E-state index contributed by atoms with van der Waals surface area (Å²) in [4.78, 5) is 16.8. The van der Waals surface area contributed by atoms with Gasteiger partial charge in [-0.15, -0.1) is 0 Å². The van der Waals surface area contributed by atoms with Gasteiger partial charge in [-0.05, 0) is 17.2 Å². The van der Waals surface area contributed by atoms with Crippen LogP contribution in [0.1, 0.15) is 17.4 Å². The van der Waals surface area contributed by atoms with Gasteiger partial charge >= 0.3 is 0 Å². The molecule has 1 aliphatic heterocycles. The number of benzene rings is 1. The second kappa shape index (κ2) is 9.82. The summed E-state index contributed by atoms with van der Waals surface area (Å²) in [5.41, 5.74) is 3.17. The third-order valence-electron chi connectivity index (χ3n) is 4.81. The van der Waals surface area contributed by atoms with Crippen LogP contribution in [0.2, 0.25) is 0 Å². The number of hydrogen-bond donors (Lipinski definition) is 3. The molecule has 1 fully saturated rings. The highest BCUT2D eigenvalue weighted by atomic mass is 35.5. The normalized spacial score (nSPS) is 17.0. The number of aliphatic hydroxyl groups is 2. The molecule has 0 spiro atoms. The van der Waals surface area contributed by atoms with Gasteiger partial charge < -0.3 is 15.5 Å². The molecule has 1 aromatic carbocycles. The zero-order chi connectivity index (χ0) is 21.0. The number of pyridine rings is 1. The van der Waals surface area contributed by atoms with Crippen molar-refractivity contribution in [3.63, 3.8) is 0 Å². The Hall–Kier alpha value is -1.77. The van der Waals surface area contributed by atoms with Crippen LogP contribution < -0.4 is 5.32 Å². The maximum absolute atomic E-state index is 13.3. The highest BCUT2D eigenvalue weighted by Gasteiger charge is 2.25. The van der Waals surface area contributed by atoms with Crippen LogP contribution in [0.4, 0.5) is 4.39 Å². The number of rotatable bonds is 8. The molecule has 0 unspecified atom stereocenters. The summed E-state index contributed by atoms with van der Waals surface area (Å²) >= 11 is 10.9. The van der Waals surface area contributed by atoms with Crippen LogP contribution in [0.25, 0.3) is 11.1 Å². The Morgan fingerprint density at radius 1 is 1.21 bits per heavy atom. The number of amides is 1. The number of halogens is 3. The summed E-state index contributed by atoms with van der Waals surface area (Å²) in [5.74, 6) is -0.759. The van der Waals surface area contributed by atoms with E-state index < -0.39 is 29.6 Å². The van der Waals surface area contributed by atoms with Gasteiger partial charge in [0.15, 0.2) is 4.84 Å². The Morgan fingerprint density at radius 3 is 2.38 bits per heavy atom. The molecular weight excluding hydrogens is 420 g/mol. The largest absolute Gasteiger partial charge is 0.390 e. The molecule has 1 aromatic heterocycles. The van der Waals surface area contributed by atoms with Crippen molar-refractivity contribution in [1.82, 2.24) is 15.2 Å². The van der Waals surface area contributed by atoms with Gasteiger partial charge in [0, 0.05) is 31.4 Å². The molecule has 2 heterocycles. The molecule has 0 radical (unpaired) electrons. The summed E-state index contributed by atoms with van der Waals surface area (Å²) in [6, 6.07) is 9.68. The van der Waals surface area contributed by atoms with Crippen LogP contribution in [-0.4, -0.2) is 62.8 Å². The van der Waals surface area contributed by atoms with Gasteiger partial charge in [-0.3, -0.25) is 14.7 Å². The molecule has 156 valence electrons. The molecular formula is C20H22Cl2FN3O3. The predicted molar refractivity (Wildman–Crippen MR) is 109 cm³/mol. The molecule has 29 heavy (non-hydrogen) atoms. The highest BCUT2D eigenvalue weighted by molar-refractivity contribution is 6.53. The third kappa shape index (κ3) is 5.65. The van der Waals surface area contributed by atoms with Crippen molar-refractivity contribution >= 4 is 29.1 Å². The third-order valence-corrected chi connectivity index (χ3v) is 5.20. The van der Waals surface area contributed by atoms with Crippen molar-refractivity contribution in [1.29, 1.82) is 0 Å². The van der Waals surface area contributed by atoms with E-state index in [4.69, 9.17) is 23.2 Å². The molecule has 2 aromatic rings. The standard InChI is InChI=1S/C20H22Cl2FN3O3/c21-19(22)20(29)25-17(7-23)18(28)13-3-1-12(2-4-13)14-5-6-15(24-8-14)9-26-10-16(27)11-26/h1-6,8,16-19,27-28H,7,9-11H2,(H,25,29)/t17-,18-/m1/s1. The van der Waals surface area contributed by atoms with E-state index in [1.54, 1.807) is 30.5 Å². The Labute approximate surface area is 178 Å². The van der Waals surface area contributed by atoms with E-state index >= 15 is 0 Å². The van der Waals surface area contributed by atoms with Gasteiger partial charge in [-0.1, -0.05) is 53.5 Å². The predicted octanol–water partition coefficient (Wildman–Crippen LogP) is 2.22. The number of likely N-dealkylation sites (tertiary alicyclic amines) is 1. The number of nitrogens with one attached hydrogen (secondary N) is 1. The van der Waals surface area contributed by atoms with E-state index in [2.05, 4.69) is 15.2 Å². The summed E-state index contributed by atoms with van der Waals surface area (Å²) in [6.07, 6.45) is 0.292. The number of carbonyl (C=O) groups is 1. The van der Waals surface area contributed by atoms with Crippen LogP contribution in [0.5, 0.6) is 0 Å². The van der Waals surface area contributed by atoms with Gasteiger partial charge in [0.1, 0.15) is 12.8 Å². The van der Waals surface area contributed by atoms with E-state index in [9.17, 15) is 19.4 Å². The van der Waals surface area contributed by atoms with Crippen molar-refractivity contribution in [2.45, 2.75) is 29.6 Å². The second-order valence-corrected chi connectivity index (χ2v) is 8.12. The van der Waals surface area contributed by atoms with E-state index in [0.29, 0.717) is 25.2 Å². The van der Waals surface area contributed by atoms with Crippen LogP contribution in [0, 0.1) is 0 Å². The zero-order valence-corrected chi connectivity index (χ0v) is 17.0. The molecule has 3 rings (SSSR count). The lowest BCUT2D eigenvalue weighted by molar-refractivity contribution is -0.121. The summed E-state index contributed by atoms with van der Waals surface area (Å²) in [7, 11) is 0. The smallest absolute Gasteiger partial charge is 0.253 e. The second-order valence-electron chi connectivity index (χ2n) is 7.02. The van der Waals surface area contributed by atoms with Crippen molar-refractivity contribution in [3.05, 3.63) is 53.9 Å². The fraction of sp³-hybridized carbons (Fsp3) is 0.400. The zero-order valence-electron chi connectivity index (χ0n) is 15.5. The summed E-state index contributed by atoms with van der Waals surface area (Å²) in [5, 5.41) is 22.0. The average Bonchev–Trinajstić information content (AvgIpc) is 2.70. The number of nitrogens with zero attached hydrogens (tertiary/aromatic N) is 2. The van der Waals surface area contributed by atoms with Crippen LogP contribution in [0.15, 0.2) is 42.6 Å². The van der Waals surface area contributed by atoms with Crippen LogP contribution in [-0.2, 0) is 11.3 Å². The van der Waals surface area contributed by atoms with E-state index in [1.807, 2.05) is 12.1 Å². The van der Waals surface area contributed by atoms with E-state index in [1.165, 1.54) is 0 Å². The number of β-amino-alcohol motifs (C(OH)–C–C–N with tert-alkyl or cyclic N) is 1. The lowest BCUT2D eigenvalue weighted by Gasteiger charge is -2.35. The minimum absolute atomic E-state index is 0.236. The van der Waals surface area contributed by atoms with Gasteiger partial charge in [0.2, 0.25) is 0 Å².